The third kappa shape index (κ3) is 5.85. The predicted molar refractivity (Wildman–Crippen MR) is 93.0 cm³/mol. The maximum Gasteiger partial charge on any atom is 0.224 e. The van der Waals surface area contributed by atoms with Gasteiger partial charge in [0.1, 0.15) is 5.75 Å². The van der Waals surface area contributed by atoms with Gasteiger partial charge in [0.2, 0.25) is 11.8 Å². The van der Waals surface area contributed by atoms with E-state index in [1.807, 2.05) is 17.0 Å². The number of benzene rings is 1. The highest BCUT2D eigenvalue weighted by Gasteiger charge is 2.20. The number of carbonyl (C=O) groups is 2. The van der Waals surface area contributed by atoms with E-state index >= 15 is 0 Å². The Morgan fingerprint density at radius 2 is 1.96 bits per heavy atom. The summed E-state index contributed by atoms with van der Waals surface area (Å²) in [5.74, 6) is 0.920. The molecule has 1 aliphatic rings. The standard InChI is InChI=1S/C18H27N3O3/c1-15(22)19-8-6-18(23)21-12-10-20(11-13-21)9-7-16-4-3-5-17(14-16)24-2/h3-5,14H,6-13H2,1-2H3,(H,19,22). The first kappa shape index (κ1) is 18.3. The fraction of sp³-hybridized carbons (Fsp3) is 0.556. The van der Waals surface area contributed by atoms with E-state index in [0.717, 1.165) is 44.9 Å². The summed E-state index contributed by atoms with van der Waals surface area (Å²) >= 11 is 0. The highest BCUT2D eigenvalue weighted by atomic mass is 16.5. The summed E-state index contributed by atoms with van der Waals surface area (Å²) in [4.78, 5) is 27.2. The second-order valence-electron chi connectivity index (χ2n) is 6.06. The van der Waals surface area contributed by atoms with Crippen LogP contribution in [0.1, 0.15) is 18.9 Å². The lowest BCUT2D eigenvalue weighted by Gasteiger charge is -2.34. The molecule has 0 radical (unpaired) electrons. The van der Waals surface area contributed by atoms with Crippen LogP contribution < -0.4 is 10.1 Å². The van der Waals surface area contributed by atoms with Gasteiger partial charge in [0.05, 0.1) is 7.11 Å². The largest absolute Gasteiger partial charge is 0.497 e. The van der Waals surface area contributed by atoms with E-state index in [0.29, 0.717) is 13.0 Å². The number of rotatable bonds is 7. The lowest BCUT2D eigenvalue weighted by molar-refractivity contribution is -0.132. The lowest BCUT2D eigenvalue weighted by atomic mass is 10.1. The molecule has 0 atom stereocenters. The Kier molecular flexibility index (Phi) is 7.06. The topological polar surface area (TPSA) is 61.9 Å². The van der Waals surface area contributed by atoms with Gasteiger partial charge in [-0.3, -0.25) is 14.5 Å². The second kappa shape index (κ2) is 9.27. The summed E-state index contributed by atoms with van der Waals surface area (Å²) in [5.41, 5.74) is 1.27. The van der Waals surface area contributed by atoms with E-state index in [2.05, 4.69) is 22.3 Å². The molecule has 0 unspecified atom stereocenters. The third-order valence-corrected chi connectivity index (χ3v) is 4.29. The van der Waals surface area contributed by atoms with Gasteiger partial charge in [0.25, 0.3) is 0 Å². The van der Waals surface area contributed by atoms with E-state index < -0.39 is 0 Å². The number of ether oxygens (including phenoxy) is 1. The van der Waals surface area contributed by atoms with Crippen molar-refractivity contribution in [1.82, 2.24) is 15.1 Å². The van der Waals surface area contributed by atoms with Gasteiger partial charge in [-0.1, -0.05) is 12.1 Å². The van der Waals surface area contributed by atoms with E-state index in [9.17, 15) is 9.59 Å². The van der Waals surface area contributed by atoms with Crippen LogP contribution in [0.15, 0.2) is 24.3 Å². The molecule has 1 aliphatic heterocycles. The van der Waals surface area contributed by atoms with Crippen molar-refractivity contribution >= 4 is 11.8 Å². The van der Waals surface area contributed by atoms with Gasteiger partial charge in [0.15, 0.2) is 0 Å². The zero-order chi connectivity index (χ0) is 17.4. The molecule has 6 nitrogen and oxygen atoms in total. The summed E-state index contributed by atoms with van der Waals surface area (Å²) in [6.45, 7) is 6.19. The molecule has 0 bridgehead atoms. The van der Waals surface area contributed by atoms with Crippen LogP contribution >= 0.6 is 0 Å². The SMILES string of the molecule is COc1cccc(CCN2CCN(C(=O)CCNC(C)=O)CC2)c1. The van der Waals surface area contributed by atoms with Crippen LogP contribution in [-0.4, -0.2) is 68.0 Å². The first-order chi connectivity index (χ1) is 11.6. The van der Waals surface area contributed by atoms with Crippen molar-refractivity contribution in [3.05, 3.63) is 29.8 Å². The summed E-state index contributed by atoms with van der Waals surface area (Å²) in [7, 11) is 1.68. The van der Waals surface area contributed by atoms with Gasteiger partial charge in [-0.2, -0.15) is 0 Å². The van der Waals surface area contributed by atoms with Crippen LogP contribution in [0.2, 0.25) is 0 Å². The Labute approximate surface area is 143 Å². The number of hydrogen-bond donors (Lipinski definition) is 1. The molecule has 0 saturated carbocycles. The molecule has 1 aromatic carbocycles. The van der Waals surface area contributed by atoms with Crippen molar-refractivity contribution in [2.24, 2.45) is 0 Å². The number of amides is 2. The van der Waals surface area contributed by atoms with E-state index in [1.54, 1.807) is 7.11 Å². The normalized spacial score (nSPS) is 15.2. The fourth-order valence-electron chi connectivity index (χ4n) is 2.84. The number of nitrogens with one attached hydrogen (secondary N) is 1. The molecular weight excluding hydrogens is 306 g/mol. The van der Waals surface area contributed by atoms with Crippen molar-refractivity contribution in [2.45, 2.75) is 19.8 Å². The molecule has 1 fully saturated rings. The molecular formula is C18H27N3O3. The Hall–Kier alpha value is -2.08. The minimum absolute atomic E-state index is 0.0924. The minimum atomic E-state index is -0.0924. The Morgan fingerprint density at radius 1 is 1.21 bits per heavy atom. The number of hydrogen-bond acceptors (Lipinski definition) is 4. The quantitative estimate of drug-likeness (QED) is 0.806. The van der Waals surface area contributed by atoms with Crippen molar-refractivity contribution < 1.29 is 14.3 Å². The van der Waals surface area contributed by atoms with Crippen molar-refractivity contribution in [1.29, 1.82) is 0 Å². The van der Waals surface area contributed by atoms with E-state index in [4.69, 9.17) is 4.74 Å². The number of nitrogens with zero attached hydrogens (tertiary/aromatic N) is 2. The molecule has 6 heteroatoms. The molecule has 1 heterocycles. The molecule has 132 valence electrons. The van der Waals surface area contributed by atoms with Gasteiger partial charge < -0.3 is 15.0 Å². The fourth-order valence-corrected chi connectivity index (χ4v) is 2.84. The molecule has 0 aromatic heterocycles. The van der Waals surface area contributed by atoms with E-state index in [-0.39, 0.29) is 11.8 Å². The van der Waals surface area contributed by atoms with Crippen molar-refractivity contribution in [2.75, 3.05) is 46.4 Å². The maximum absolute atomic E-state index is 12.1. The molecule has 1 N–H and O–H groups in total. The monoisotopic (exact) mass is 333 g/mol. The number of methoxy groups -OCH3 is 1. The maximum atomic E-state index is 12.1. The first-order valence-electron chi connectivity index (χ1n) is 8.46. The number of piperazine rings is 1. The third-order valence-electron chi connectivity index (χ3n) is 4.29. The molecule has 2 rings (SSSR count). The lowest BCUT2D eigenvalue weighted by Crippen LogP contribution is -2.49. The minimum Gasteiger partial charge on any atom is -0.497 e. The average molecular weight is 333 g/mol. The Balaban J connectivity index is 1.68. The molecule has 0 aliphatic carbocycles. The van der Waals surface area contributed by atoms with Gasteiger partial charge >= 0.3 is 0 Å². The summed E-state index contributed by atoms with van der Waals surface area (Å²) in [5, 5.41) is 2.67. The average Bonchev–Trinajstić information content (AvgIpc) is 2.60. The van der Waals surface area contributed by atoms with Crippen LogP contribution in [0.4, 0.5) is 0 Å². The summed E-state index contributed by atoms with van der Waals surface area (Å²) in [6.07, 6.45) is 1.36. The van der Waals surface area contributed by atoms with Crippen LogP contribution in [0.25, 0.3) is 0 Å². The van der Waals surface area contributed by atoms with Crippen LogP contribution in [-0.2, 0) is 16.0 Å². The first-order valence-corrected chi connectivity index (χ1v) is 8.46. The van der Waals surface area contributed by atoms with Gasteiger partial charge in [-0.25, -0.2) is 0 Å². The molecule has 2 amide bonds. The number of carbonyl (C=O) groups excluding carboxylic acids is 2. The van der Waals surface area contributed by atoms with Gasteiger partial charge in [0, 0.05) is 52.6 Å². The van der Waals surface area contributed by atoms with Crippen molar-refractivity contribution in [3.63, 3.8) is 0 Å². The molecule has 24 heavy (non-hydrogen) atoms. The van der Waals surface area contributed by atoms with Gasteiger partial charge in [-0.05, 0) is 24.1 Å². The van der Waals surface area contributed by atoms with E-state index in [1.165, 1.54) is 12.5 Å². The molecule has 0 spiro atoms. The summed E-state index contributed by atoms with van der Waals surface area (Å²) in [6, 6.07) is 8.15. The highest BCUT2D eigenvalue weighted by molar-refractivity contribution is 5.78. The van der Waals surface area contributed by atoms with Crippen LogP contribution in [0.5, 0.6) is 5.75 Å². The molecule has 1 saturated heterocycles. The van der Waals surface area contributed by atoms with Crippen molar-refractivity contribution in [3.8, 4) is 5.75 Å². The smallest absolute Gasteiger partial charge is 0.224 e. The predicted octanol–water partition coefficient (Wildman–Crippen LogP) is 0.908. The van der Waals surface area contributed by atoms with Crippen LogP contribution in [0.3, 0.4) is 0 Å². The van der Waals surface area contributed by atoms with Gasteiger partial charge in [-0.15, -0.1) is 0 Å². The second-order valence-corrected chi connectivity index (χ2v) is 6.06. The zero-order valence-electron chi connectivity index (χ0n) is 14.6. The van der Waals surface area contributed by atoms with Crippen LogP contribution in [0, 0.1) is 0 Å². The summed E-state index contributed by atoms with van der Waals surface area (Å²) < 4.78 is 5.25. The zero-order valence-corrected chi connectivity index (χ0v) is 14.6. The Morgan fingerprint density at radius 3 is 2.62 bits per heavy atom. The highest BCUT2D eigenvalue weighted by Crippen LogP contribution is 2.14. The molecule has 1 aromatic rings. The Bertz CT molecular complexity index is 554.